The molecular weight excluding hydrogens is 351 g/mol. The van der Waals surface area contributed by atoms with Crippen LogP contribution in [-0.2, 0) is 13.8 Å². The number of hydrogen-bond acceptors (Lipinski definition) is 3. The van der Waals surface area contributed by atoms with Crippen molar-refractivity contribution in [3.8, 4) is 0 Å². The Kier molecular flexibility index (Phi) is 14.0. The summed E-state index contributed by atoms with van der Waals surface area (Å²) in [6.07, 6.45) is 20.6. The number of ether oxygens (including phenoxy) is 1. The summed E-state index contributed by atoms with van der Waals surface area (Å²) in [4.78, 5) is 17.4. The summed E-state index contributed by atoms with van der Waals surface area (Å²) in [5.41, 5.74) is 0. The van der Waals surface area contributed by atoms with E-state index in [1.807, 2.05) is 0 Å². The minimum absolute atomic E-state index is 0.000613. The summed E-state index contributed by atoms with van der Waals surface area (Å²) in [6.45, 7) is 2.27. The Bertz CT molecular complexity index is 371. The summed E-state index contributed by atoms with van der Waals surface area (Å²) in [6, 6.07) is 0. The average molecular weight is 393 g/mol. The molecule has 0 aromatic heterocycles. The molecule has 1 aliphatic heterocycles. The minimum atomic E-state index is -4.37. The van der Waals surface area contributed by atoms with Crippen LogP contribution >= 0.6 is 7.82 Å². The maximum Gasteiger partial charge on any atom is 0.469 e. The Labute approximate surface area is 160 Å². The normalized spacial score (nSPS) is 20.7. The average Bonchev–Trinajstić information content (AvgIpc) is 3.04. The summed E-state index contributed by atoms with van der Waals surface area (Å²) >= 11 is 0. The smallest absolute Gasteiger partial charge is 0.373 e. The molecule has 2 atom stereocenters. The van der Waals surface area contributed by atoms with Gasteiger partial charge in [0.25, 0.3) is 0 Å². The Morgan fingerprint density at radius 2 is 1.27 bits per heavy atom. The van der Waals surface area contributed by atoms with Crippen molar-refractivity contribution >= 4 is 7.82 Å². The van der Waals surface area contributed by atoms with Gasteiger partial charge in [-0.15, -0.1) is 0 Å². The highest BCUT2D eigenvalue weighted by Crippen LogP contribution is 2.37. The van der Waals surface area contributed by atoms with Crippen LogP contribution in [0, 0.1) is 0 Å². The van der Waals surface area contributed by atoms with Crippen LogP contribution in [0.4, 0.5) is 0 Å². The highest BCUT2D eigenvalue weighted by atomic mass is 31.2. The van der Waals surface area contributed by atoms with Gasteiger partial charge in [-0.1, -0.05) is 90.4 Å². The highest BCUT2D eigenvalue weighted by Gasteiger charge is 2.27. The van der Waals surface area contributed by atoms with Crippen LogP contribution in [0.15, 0.2) is 0 Å². The molecule has 1 fully saturated rings. The number of hydrogen-bond donors (Lipinski definition) is 2. The maximum absolute atomic E-state index is 10.7. The van der Waals surface area contributed by atoms with E-state index in [0.29, 0.717) is 0 Å². The van der Waals surface area contributed by atoms with Crippen LogP contribution in [0.1, 0.15) is 110 Å². The lowest BCUT2D eigenvalue weighted by Gasteiger charge is -2.14. The first-order valence-corrected chi connectivity index (χ1v) is 12.4. The molecule has 6 heteroatoms. The molecule has 0 radical (unpaired) electrons. The van der Waals surface area contributed by atoms with Gasteiger partial charge in [0.2, 0.25) is 0 Å². The molecule has 0 amide bonds. The fraction of sp³-hybridized carbons (Fsp3) is 1.00. The lowest BCUT2D eigenvalue weighted by Crippen LogP contribution is -2.16. The molecule has 1 aliphatic rings. The van der Waals surface area contributed by atoms with Gasteiger partial charge in [-0.3, -0.25) is 4.52 Å². The predicted molar refractivity (Wildman–Crippen MR) is 106 cm³/mol. The fourth-order valence-corrected chi connectivity index (χ4v) is 4.05. The van der Waals surface area contributed by atoms with E-state index in [1.54, 1.807) is 0 Å². The summed E-state index contributed by atoms with van der Waals surface area (Å²) in [5, 5.41) is 0. The van der Waals surface area contributed by atoms with Crippen molar-refractivity contribution in [2.45, 2.75) is 122 Å². The highest BCUT2D eigenvalue weighted by molar-refractivity contribution is 7.46. The molecule has 0 aromatic carbocycles. The first kappa shape index (κ1) is 24.1. The second kappa shape index (κ2) is 15.0. The van der Waals surface area contributed by atoms with Gasteiger partial charge in [-0.2, -0.15) is 0 Å². The van der Waals surface area contributed by atoms with E-state index in [4.69, 9.17) is 14.5 Å². The van der Waals surface area contributed by atoms with Crippen LogP contribution in [-0.4, -0.2) is 28.6 Å². The molecule has 5 nitrogen and oxygen atoms in total. The van der Waals surface area contributed by atoms with Crippen molar-refractivity contribution in [2.75, 3.05) is 6.61 Å². The molecule has 1 saturated heterocycles. The number of phosphoric acid groups is 1. The molecule has 0 aliphatic carbocycles. The van der Waals surface area contributed by atoms with Crippen LogP contribution < -0.4 is 0 Å². The Morgan fingerprint density at radius 1 is 0.808 bits per heavy atom. The predicted octanol–water partition coefficient (Wildman–Crippen LogP) is 6.12. The van der Waals surface area contributed by atoms with Crippen molar-refractivity contribution in [2.24, 2.45) is 0 Å². The Morgan fingerprint density at radius 3 is 1.77 bits per heavy atom. The Balaban J connectivity index is 1.82. The fourth-order valence-electron chi connectivity index (χ4n) is 3.69. The number of unbranched alkanes of at least 4 members (excludes halogenated alkanes) is 12. The third-order valence-corrected chi connectivity index (χ3v) is 5.74. The van der Waals surface area contributed by atoms with E-state index in [-0.39, 0.29) is 18.8 Å². The van der Waals surface area contributed by atoms with Gasteiger partial charge in [0, 0.05) is 0 Å². The lowest BCUT2D eigenvalue weighted by atomic mass is 10.0. The molecule has 26 heavy (non-hydrogen) atoms. The summed E-state index contributed by atoms with van der Waals surface area (Å²) < 4.78 is 21.0. The van der Waals surface area contributed by atoms with E-state index < -0.39 is 7.82 Å². The molecule has 1 rings (SSSR count). The zero-order valence-corrected chi connectivity index (χ0v) is 17.6. The quantitative estimate of drug-likeness (QED) is 0.230. The van der Waals surface area contributed by atoms with Gasteiger partial charge in [0.15, 0.2) is 0 Å². The van der Waals surface area contributed by atoms with Crippen molar-refractivity contribution in [3.05, 3.63) is 0 Å². The van der Waals surface area contributed by atoms with Gasteiger partial charge in [-0.25, -0.2) is 4.57 Å². The van der Waals surface area contributed by atoms with Crippen LogP contribution in [0.25, 0.3) is 0 Å². The monoisotopic (exact) mass is 392 g/mol. The van der Waals surface area contributed by atoms with Gasteiger partial charge < -0.3 is 14.5 Å². The molecule has 0 saturated carbocycles. The van der Waals surface area contributed by atoms with Gasteiger partial charge in [-0.05, 0) is 19.3 Å². The topological polar surface area (TPSA) is 76.0 Å². The summed E-state index contributed by atoms with van der Waals surface area (Å²) in [7, 11) is -4.37. The first-order valence-electron chi connectivity index (χ1n) is 10.9. The molecule has 0 unspecified atom stereocenters. The van der Waals surface area contributed by atoms with Crippen molar-refractivity contribution < 1.29 is 23.6 Å². The third kappa shape index (κ3) is 14.2. The second-order valence-electron chi connectivity index (χ2n) is 7.78. The largest absolute Gasteiger partial charge is 0.469 e. The zero-order valence-electron chi connectivity index (χ0n) is 16.7. The molecule has 156 valence electrons. The molecule has 0 spiro atoms. The summed E-state index contributed by atoms with van der Waals surface area (Å²) in [5.74, 6) is 0. The maximum atomic E-state index is 10.7. The standard InChI is InChI=1S/C20H41O5P/c1-2-3-4-5-6-7-8-9-10-11-12-13-14-15-19-16-17-20(25-19)18-24-26(21,22)23/h19-20H,2-18H2,1H3,(H2,21,22,23)/t19-,20-/m1/s1. The second-order valence-corrected chi connectivity index (χ2v) is 9.01. The van der Waals surface area contributed by atoms with Crippen molar-refractivity contribution in [3.63, 3.8) is 0 Å². The van der Waals surface area contributed by atoms with Gasteiger partial charge in [0.05, 0.1) is 18.8 Å². The van der Waals surface area contributed by atoms with Crippen molar-refractivity contribution in [1.29, 1.82) is 0 Å². The molecule has 1 heterocycles. The van der Waals surface area contributed by atoms with E-state index in [1.165, 1.54) is 83.5 Å². The third-order valence-electron chi connectivity index (χ3n) is 5.25. The van der Waals surface area contributed by atoms with Crippen LogP contribution in [0.2, 0.25) is 0 Å². The van der Waals surface area contributed by atoms with E-state index in [2.05, 4.69) is 11.4 Å². The van der Waals surface area contributed by atoms with Gasteiger partial charge >= 0.3 is 7.82 Å². The molecule has 2 N–H and O–H groups in total. The molecule has 0 bridgehead atoms. The minimum Gasteiger partial charge on any atom is -0.373 e. The number of phosphoric ester groups is 1. The SMILES string of the molecule is CCCCCCCCCCCCCCC[C@@H]1CC[C@H](COP(=O)(O)O)O1. The van der Waals surface area contributed by atoms with Crippen LogP contribution in [0.3, 0.4) is 0 Å². The lowest BCUT2D eigenvalue weighted by molar-refractivity contribution is 0.00689. The first-order chi connectivity index (χ1) is 12.5. The van der Waals surface area contributed by atoms with Crippen LogP contribution in [0.5, 0.6) is 0 Å². The molecular formula is C20H41O5P. The van der Waals surface area contributed by atoms with E-state index in [0.717, 1.165) is 19.3 Å². The van der Waals surface area contributed by atoms with Gasteiger partial charge in [0.1, 0.15) is 0 Å². The van der Waals surface area contributed by atoms with Crippen molar-refractivity contribution in [1.82, 2.24) is 0 Å². The Hall–Kier alpha value is 0.0700. The number of rotatable bonds is 17. The molecule has 0 aromatic rings. The van der Waals surface area contributed by atoms with E-state index >= 15 is 0 Å². The zero-order chi connectivity index (χ0) is 19.1. The van der Waals surface area contributed by atoms with E-state index in [9.17, 15) is 4.57 Å².